The molecule has 1 heterocycles. The highest BCUT2D eigenvalue weighted by Crippen LogP contribution is 2.49. The summed E-state index contributed by atoms with van der Waals surface area (Å²) in [5.74, 6) is 1.65. The summed E-state index contributed by atoms with van der Waals surface area (Å²) >= 11 is 0. The molecule has 0 unspecified atom stereocenters. The fourth-order valence-corrected chi connectivity index (χ4v) is 6.53. The van der Waals surface area contributed by atoms with E-state index in [0.29, 0.717) is 5.56 Å². The number of hydrogen-bond donors (Lipinski definition) is 0. The summed E-state index contributed by atoms with van der Waals surface area (Å²) in [5, 5.41) is 7.75. The third-order valence-corrected chi connectivity index (χ3v) is 8.30. The average Bonchev–Trinajstić information content (AvgIpc) is 3.09. The third kappa shape index (κ3) is 3.30. The smallest absolute Gasteiger partial charge is 0.135 e. The Hall–Kier alpha value is -5.40. The van der Waals surface area contributed by atoms with E-state index in [1.165, 1.54) is 0 Å². The molecular weight excluding hydrogens is 496 g/mol. The van der Waals surface area contributed by atoms with Crippen molar-refractivity contribution in [1.82, 2.24) is 0 Å². The normalized spacial score (nSPS) is 13.8. The first-order valence-electron chi connectivity index (χ1n) is 16.2. The van der Waals surface area contributed by atoms with Gasteiger partial charge in [-0.25, -0.2) is 0 Å². The molecule has 0 saturated carbocycles. The Morgan fingerprint density at radius 2 is 1.20 bits per heavy atom. The van der Waals surface area contributed by atoms with E-state index in [1.807, 2.05) is 54.6 Å². The fraction of sp³-hybridized carbons (Fsp3) is 0. The van der Waals surface area contributed by atoms with Crippen LogP contribution in [0.15, 0.2) is 145 Å². The maximum atomic E-state index is 8.98. The summed E-state index contributed by atoms with van der Waals surface area (Å²) in [5.41, 5.74) is 4.96. The summed E-state index contributed by atoms with van der Waals surface area (Å²) in [4.78, 5) is 0. The van der Waals surface area contributed by atoms with Gasteiger partial charge in [0.05, 0.1) is 6.85 Å². The second kappa shape index (κ2) is 8.55. The van der Waals surface area contributed by atoms with Crippen LogP contribution in [0, 0.1) is 0 Å². The van der Waals surface area contributed by atoms with Gasteiger partial charge in [-0.1, -0.05) is 121 Å². The first-order chi connectivity index (χ1) is 22.4. The Labute approximate surface area is 244 Å². The predicted molar refractivity (Wildman–Crippen MR) is 173 cm³/mol. The highest BCUT2D eigenvalue weighted by Gasteiger charge is 2.21. The molecule has 0 amide bonds. The highest BCUT2D eigenvalue weighted by atomic mass is 16.5. The van der Waals surface area contributed by atoms with E-state index in [9.17, 15) is 0 Å². The summed E-state index contributed by atoms with van der Waals surface area (Å²) in [7, 11) is 0. The lowest BCUT2D eigenvalue weighted by molar-refractivity contribution is 0.487. The fourth-order valence-electron chi connectivity index (χ4n) is 6.53. The van der Waals surface area contributed by atoms with Crippen molar-refractivity contribution in [1.29, 1.82) is 0 Å². The van der Waals surface area contributed by atoms with Gasteiger partial charge in [0.25, 0.3) is 0 Å². The second-order valence-electron chi connectivity index (χ2n) is 10.5. The molecule has 0 radical (unpaired) electrons. The van der Waals surface area contributed by atoms with E-state index < -0.39 is 6.04 Å². The minimum Gasteiger partial charge on any atom is -0.456 e. The van der Waals surface area contributed by atoms with Crippen molar-refractivity contribution >= 4 is 43.1 Å². The van der Waals surface area contributed by atoms with Gasteiger partial charge >= 0.3 is 0 Å². The Morgan fingerprint density at radius 3 is 2.12 bits per heavy atom. The van der Waals surface area contributed by atoms with Gasteiger partial charge in [-0.3, -0.25) is 0 Å². The molecule has 0 fully saturated rings. The third-order valence-electron chi connectivity index (χ3n) is 8.30. The Morgan fingerprint density at radius 1 is 0.439 bits per heavy atom. The molecule has 41 heavy (non-hydrogen) atoms. The van der Waals surface area contributed by atoms with E-state index >= 15 is 0 Å². The molecule has 1 nitrogen and oxygen atoms in total. The van der Waals surface area contributed by atoms with Gasteiger partial charge in [0.2, 0.25) is 0 Å². The van der Waals surface area contributed by atoms with Gasteiger partial charge in [-0.2, -0.15) is 0 Å². The lowest BCUT2D eigenvalue weighted by Crippen LogP contribution is -1.97. The molecule has 0 bridgehead atoms. The average molecular weight is 526 g/mol. The van der Waals surface area contributed by atoms with Crippen LogP contribution < -0.4 is 4.74 Å². The molecule has 8 aromatic rings. The van der Waals surface area contributed by atoms with E-state index in [1.54, 1.807) is 0 Å². The molecular formula is C40H24O. The minimum absolute atomic E-state index is 0.206. The van der Waals surface area contributed by atoms with Gasteiger partial charge < -0.3 is 4.74 Å². The molecule has 0 N–H and O–H groups in total. The van der Waals surface area contributed by atoms with Crippen LogP contribution in [0.3, 0.4) is 0 Å². The first-order valence-corrected chi connectivity index (χ1v) is 13.7. The van der Waals surface area contributed by atoms with Gasteiger partial charge in [0, 0.05) is 10.9 Å². The van der Waals surface area contributed by atoms with Crippen LogP contribution in [-0.4, -0.2) is 0 Å². The summed E-state index contributed by atoms with van der Waals surface area (Å²) < 4.78 is 49.6. The first kappa shape index (κ1) is 18.0. The molecule has 0 spiro atoms. The van der Waals surface area contributed by atoms with Gasteiger partial charge in [0.1, 0.15) is 11.5 Å². The van der Waals surface area contributed by atoms with Crippen molar-refractivity contribution in [3.8, 4) is 44.9 Å². The largest absolute Gasteiger partial charge is 0.456 e. The molecule has 0 aliphatic carbocycles. The van der Waals surface area contributed by atoms with Crippen molar-refractivity contribution in [2.75, 3.05) is 0 Å². The number of rotatable bonds is 2. The molecule has 0 atom stereocenters. The maximum absolute atomic E-state index is 8.98. The van der Waals surface area contributed by atoms with Crippen LogP contribution in [0.5, 0.6) is 11.5 Å². The van der Waals surface area contributed by atoms with Crippen LogP contribution >= 0.6 is 0 Å². The van der Waals surface area contributed by atoms with Gasteiger partial charge in [0.15, 0.2) is 0 Å². The maximum Gasteiger partial charge on any atom is 0.135 e. The quantitative estimate of drug-likeness (QED) is 0.161. The van der Waals surface area contributed by atoms with E-state index in [4.69, 9.17) is 11.6 Å². The second-order valence-corrected chi connectivity index (χ2v) is 10.5. The molecule has 8 aromatic carbocycles. The van der Waals surface area contributed by atoms with Crippen LogP contribution in [0.25, 0.3) is 76.5 Å². The standard InChI is InChI=1S/C40H24O/c1-2-10-27(11-3-1)39-32-17-8-15-30(34(32)24-29-20-19-25-9-4-5-14-31(25)40(29)39)28-21-22-36-35(23-28)33-16-6-12-26-13-7-18-37(41-36)38(26)33/h1-24H/i1D,2D,3D,10D,11D. The number of fused-ring (bicyclic) bond motifs is 6. The molecule has 1 aliphatic heterocycles. The number of ether oxygens (including phenoxy) is 1. The molecule has 1 aliphatic rings. The number of benzene rings is 8. The lowest BCUT2D eigenvalue weighted by Gasteiger charge is -2.22. The Bertz CT molecular complexity index is 2590. The minimum atomic E-state index is -0.401. The summed E-state index contributed by atoms with van der Waals surface area (Å²) in [6.45, 7) is 0. The van der Waals surface area contributed by atoms with Crippen LogP contribution in [0.4, 0.5) is 0 Å². The van der Waals surface area contributed by atoms with Crippen LogP contribution in [0.2, 0.25) is 0 Å². The SMILES string of the molecule is [2H]c1c([2H])c([2H])c(-c2c3cccc(-c4ccc5c(c4)-c4cccc6cccc(c46)O5)c3cc3ccc4ccccc4c23)c([2H])c1[2H]. The monoisotopic (exact) mass is 525 g/mol. The zero-order chi connectivity index (χ0) is 31.3. The molecule has 0 saturated heterocycles. The molecule has 0 aromatic heterocycles. The van der Waals surface area contributed by atoms with E-state index in [2.05, 4.69) is 60.7 Å². The lowest BCUT2D eigenvalue weighted by atomic mass is 9.86. The van der Waals surface area contributed by atoms with E-state index in [-0.39, 0.29) is 29.7 Å². The Balaban J connectivity index is 1.39. The zero-order valence-electron chi connectivity index (χ0n) is 26.9. The molecule has 190 valence electrons. The predicted octanol–water partition coefficient (Wildman–Crippen LogP) is 11.4. The van der Waals surface area contributed by atoms with Crippen LogP contribution in [0.1, 0.15) is 6.85 Å². The number of hydrogen-bond acceptors (Lipinski definition) is 1. The van der Waals surface area contributed by atoms with Crippen LogP contribution in [-0.2, 0) is 0 Å². The Kier molecular flexibility index (Phi) is 3.76. The van der Waals surface area contributed by atoms with Crippen molar-refractivity contribution in [3.05, 3.63) is 145 Å². The molecule has 1 heteroatoms. The highest BCUT2D eigenvalue weighted by molar-refractivity contribution is 6.23. The van der Waals surface area contributed by atoms with Gasteiger partial charge in [-0.15, -0.1) is 0 Å². The zero-order valence-corrected chi connectivity index (χ0v) is 21.9. The summed E-state index contributed by atoms with van der Waals surface area (Å²) in [6, 6.07) is 37.5. The van der Waals surface area contributed by atoms with Crippen molar-refractivity contribution in [2.45, 2.75) is 0 Å². The van der Waals surface area contributed by atoms with Crippen molar-refractivity contribution in [3.63, 3.8) is 0 Å². The summed E-state index contributed by atoms with van der Waals surface area (Å²) in [6.07, 6.45) is 0. The van der Waals surface area contributed by atoms with Crippen molar-refractivity contribution in [2.24, 2.45) is 0 Å². The van der Waals surface area contributed by atoms with Crippen molar-refractivity contribution < 1.29 is 11.6 Å². The van der Waals surface area contributed by atoms with E-state index in [0.717, 1.165) is 76.8 Å². The topological polar surface area (TPSA) is 9.23 Å². The van der Waals surface area contributed by atoms with Gasteiger partial charge in [-0.05, 0) is 89.8 Å². The molecule has 9 rings (SSSR count).